The van der Waals surface area contributed by atoms with Crippen LogP contribution >= 0.6 is 0 Å². The summed E-state index contributed by atoms with van der Waals surface area (Å²) in [7, 11) is 0. The van der Waals surface area contributed by atoms with Crippen LogP contribution in [0.25, 0.3) is 6.08 Å². The number of aliphatic imine (C=N–C) groups is 1. The molecular formula is C23H28F3N5O5. The Morgan fingerprint density at radius 2 is 1.72 bits per heavy atom. The van der Waals surface area contributed by atoms with Crippen LogP contribution in [0, 0.1) is 0 Å². The molecule has 0 aromatic heterocycles. The molecule has 3 amide bonds. The maximum atomic E-state index is 13.0. The van der Waals surface area contributed by atoms with Crippen molar-refractivity contribution in [1.82, 2.24) is 15.5 Å². The highest BCUT2D eigenvalue weighted by Crippen LogP contribution is 2.28. The number of esters is 1. The van der Waals surface area contributed by atoms with Crippen LogP contribution in [0.1, 0.15) is 49.0 Å². The van der Waals surface area contributed by atoms with Crippen LogP contribution in [0.3, 0.4) is 0 Å². The highest BCUT2D eigenvalue weighted by molar-refractivity contribution is 6.06. The lowest BCUT2D eigenvalue weighted by molar-refractivity contribution is -0.192. The molecule has 4 N–H and O–H groups in total. The van der Waals surface area contributed by atoms with E-state index in [1.54, 1.807) is 17.0 Å². The molecule has 0 radical (unpaired) electrons. The van der Waals surface area contributed by atoms with E-state index in [-0.39, 0.29) is 36.8 Å². The topological polar surface area (TPSA) is 143 Å². The minimum atomic E-state index is -5.30. The summed E-state index contributed by atoms with van der Waals surface area (Å²) in [5.41, 5.74) is 7.75. The molecule has 36 heavy (non-hydrogen) atoms. The predicted molar refractivity (Wildman–Crippen MR) is 125 cm³/mol. The lowest BCUT2D eigenvalue weighted by Gasteiger charge is -2.22. The van der Waals surface area contributed by atoms with Crippen molar-refractivity contribution in [2.75, 3.05) is 26.2 Å². The number of alkyl carbamates (subject to hydrolysis) is 1. The molecule has 10 nitrogen and oxygen atoms in total. The Labute approximate surface area is 205 Å². The first-order chi connectivity index (χ1) is 17.0. The van der Waals surface area contributed by atoms with Gasteiger partial charge in [-0.15, -0.1) is 0 Å². The molecule has 0 saturated carbocycles. The van der Waals surface area contributed by atoms with Crippen molar-refractivity contribution in [2.45, 2.75) is 39.3 Å². The normalized spacial score (nSPS) is 12.9. The first-order valence-corrected chi connectivity index (χ1v) is 11.3. The number of amidine groups is 1. The van der Waals surface area contributed by atoms with Gasteiger partial charge in [-0.3, -0.25) is 9.59 Å². The highest BCUT2D eigenvalue weighted by Gasteiger charge is 2.42. The monoisotopic (exact) mass is 511 g/mol. The number of rotatable bonds is 9. The van der Waals surface area contributed by atoms with Crippen molar-refractivity contribution in [3.05, 3.63) is 34.9 Å². The first-order valence-electron chi connectivity index (χ1n) is 11.3. The lowest BCUT2D eigenvalue weighted by atomic mass is 10.0. The molecule has 0 unspecified atom stereocenters. The van der Waals surface area contributed by atoms with Gasteiger partial charge in [-0.1, -0.05) is 19.9 Å². The molecule has 0 atom stereocenters. The number of ether oxygens (including phenoxy) is 1. The van der Waals surface area contributed by atoms with Crippen LogP contribution in [0.5, 0.6) is 0 Å². The Morgan fingerprint density at radius 3 is 2.33 bits per heavy atom. The number of nitrogens with one attached hydrogen (secondary N) is 2. The number of carbonyl (C=O) groups is 4. The van der Waals surface area contributed by atoms with Gasteiger partial charge < -0.3 is 26.0 Å². The summed E-state index contributed by atoms with van der Waals surface area (Å²) in [6, 6.07) is 4.63. The maximum Gasteiger partial charge on any atom is 0.491 e. The van der Waals surface area contributed by atoms with Gasteiger partial charge in [0.25, 0.3) is 5.91 Å². The maximum absolute atomic E-state index is 13.0. The lowest BCUT2D eigenvalue weighted by Crippen LogP contribution is -2.38. The van der Waals surface area contributed by atoms with Gasteiger partial charge in [0.15, 0.2) is 0 Å². The quantitative estimate of drug-likeness (QED) is 0.264. The second kappa shape index (κ2) is 12.7. The molecule has 0 aliphatic carbocycles. The number of carbonyl (C=O) groups excluding carboxylic acids is 4. The van der Waals surface area contributed by atoms with Crippen LogP contribution in [0.15, 0.2) is 28.8 Å². The molecule has 0 saturated heterocycles. The minimum absolute atomic E-state index is 0.116. The van der Waals surface area contributed by atoms with E-state index in [0.717, 1.165) is 12.8 Å². The van der Waals surface area contributed by atoms with Gasteiger partial charge in [0.05, 0.1) is 5.69 Å². The molecule has 1 aliphatic heterocycles. The Hall–Kier alpha value is -3.90. The number of hydrogen-bond donors (Lipinski definition) is 3. The van der Waals surface area contributed by atoms with Crippen LogP contribution in [0.2, 0.25) is 0 Å². The molecule has 0 spiro atoms. The third kappa shape index (κ3) is 8.10. The second-order valence-electron chi connectivity index (χ2n) is 7.87. The van der Waals surface area contributed by atoms with E-state index < -0.39 is 24.1 Å². The minimum Gasteiger partial charge on any atom is -0.387 e. The van der Waals surface area contributed by atoms with Crippen molar-refractivity contribution < 1.29 is 37.1 Å². The summed E-state index contributed by atoms with van der Waals surface area (Å²) in [6.45, 7) is 4.79. The predicted octanol–water partition coefficient (Wildman–Crippen LogP) is 2.66. The molecule has 196 valence electrons. The van der Waals surface area contributed by atoms with Gasteiger partial charge in [-0.2, -0.15) is 13.2 Å². The molecular weight excluding hydrogens is 483 g/mol. The van der Waals surface area contributed by atoms with Gasteiger partial charge >= 0.3 is 18.2 Å². The van der Waals surface area contributed by atoms with Gasteiger partial charge in [0.1, 0.15) is 5.84 Å². The van der Waals surface area contributed by atoms with E-state index in [9.17, 15) is 32.3 Å². The largest absolute Gasteiger partial charge is 0.491 e. The zero-order valence-electron chi connectivity index (χ0n) is 19.9. The average Bonchev–Trinajstić information content (AvgIpc) is 2.97. The number of benzene rings is 1. The van der Waals surface area contributed by atoms with Gasteiger partial charge in [0, 0.05) is 49.3 Å². The third-order valence-electron chi connectivity index (χ3n) is 4.90. The smallest absolute Gasteiger partial charge is 0.387 e. The summed E-state index contributed by atoms with van der Waals surface area (Å²) in [6.07, 6.45) is -3.37. The average molecular weight is 512 g/mol. The van der Waals surface area contributed by atoms with Crippen LogP contribution in [0.4, 0.5) is 23.7 Å². The number of amides is 3. The van der Waals surface area contributed by atoms with Crippen LogP contribution < -0.4 is 16.4 Å². The summed E-state index contributed by atoms with van der Waals surface area (Å²) >= 11 is 0. The van der Waals surface area contributed by atoms with Crippen LogP contribution in [-0.2, 0) is 14.3 Å². The van der Waals surface area contributed by atoms with E-state index in [4.69, 9.17) is 5.73 Å². The fourth-order valence-electron chi connectivity index (χ4n) is 3.35. The number of hydrogen-bond acceptors (Lipinski definition) is 7. The van der Waals surface area contributed by atoms with Gasteiger partial charge in [0.2, 0.25) is 5.91 Å². The van der Waals surface area contributed by atoms with Crippen LogP contribution in [-0.4, -0.2) is 67.0 Å². The standard InChI is InChI=1S/C23H28F3N5O5/c1-3-9-31(10-4-2)20(33)16-11-14-5-6-15(12-17(14)30-18(27)13-16)19(32)28-7-8-29-22(35)36-21(34)23(24,25)26/h5-6,11-12H,3-4,7-10,13H2,1-2H3,(H2,27,30)(H,28,32)(H,29,35). The third-order valence-corrected chi connectivity index (χ3v) is 4.90. The molecule has 0 bridgehead atoms. The van der Waals surface area contributed by atoms with Gasteiger partial charge in [-0.05, 0) is 31.1 Å². The molecule has 1 aromatic carbocycles. The van der Waals surface area contributed by atoms with E-state index in [1.807, 2.05) is 19.2 Å². The molecule has 1 aromatic rings. The summed E-state index contributed by atoms with van der Waals surface area (Å²) in [4.78, 5) is 53.4. The Kier molecular flexibility index (Phi) is 10.00. The number of nitrogens with zero attached hydrogens (tertiary/aromatic N) is 2. The van der Waals surface area contributed by atoms with E-state index in [0.29, 0.717) is 29.9 Å². The summed E-state index contributed by atoms with van der Waals surface area (Å²) in [5, 5.41) is 4.39. The summed E-state index contributed by atoms with van der Waals surface area (Å²) < 4.78 is 39.8. The van der Waals surface area contributed by atoms with E-state index in [2.05, 4.69) is 15.0 Å². The fraction of sp³-hybridized carbons (Fsp3) is 0.435. The molecule has 0 fully saturated rings. The molecule has 1 heterocycles. The van der Waals surface area contributed by atoms with Crippen molar-refractivity contribution in [3.63, 3.8) is 0 Å². The first kappa shape index (κ1) is 28.3. The Bertz CT molecular complexity index is 1060. The Balaban J connectivity index is 2.03. The zero-order chi connectivity index (χ0) is 26.9. The highest BCUT2D eigenvalue weighted by atomic mass is 19.4. The van der Waals surface area contributed by atoms with Crippen molar-refractivity contribution >= 4 is 41.5 Å². The Morgan fingerprint density at radius 1 is 1.08 bits per heavy atom. The molecule has 1 aliphatic rings. The molecule has 2 rings (SSSR count). The van der Waals surface area contributed by atoms with E-state index in [1.165, 1.54) is 12.1 Å². The zero-order valence-corrected chi connectivity index (χ0v) is 19.9. The van der Waals surface area contributed by atoms with Gasteiger partial charge in [-0.25, -0.2) is 14.6 Å². The summed E-state index contributed by atoms with van der Waals surface area (Å²) in [5.74, 6) is -3.09. The molecule has 13 heteroatoms. The number of halogens is 3. The van der Waals surface area contributed by atoms with Crippen molar-refractivity contribution in [3.8, 4) is 0 Å². The number of fused-ring (bicyclic) bond motifs is 1. The number of nitrogens with two attached hydrogens (primary N) is 1. The van der Waals surface area contributed by atoms with Crippen molar-refractivity contribution in [2.24, 2.45) is 10.7 Å². The second-order valence-corrected chi connectivity index (χ2v) is 7.87. The SMILES string of the molecule is CCCN(CCC)C(=O)C1=Cc2ccc(C(=O)NCCNC(=O)OC(=O)C(F)(F)F)cc2N=C(N)C1. The van der Waals surface area contributed by atoms with E-state index >= 15 is 0 Å². The number of alkyl halides is 3. The van der Waals surface area contributed by atoms with Crippen molar-refractivity contribution in [1.29, 1.82) is 0 Å². The fourth-order valence-corrected chi connectivity index (χ4v) is 3.35.